The van der Waals surface area contributed by atoms with E-state index in [1.165, 1.54) is 64.2 Å². The summed E-state index contributed by atoms with van der Waals surface area (Å²) in [6, 6.07) is 0. The van der Waals surface area contributed by atoms with E-state index in [2.05, 4.69) is 13.8 Å². The highest BCUT2D eigenvalue weighted by Gasteiger charge is 2.15. The second kappa shape index (κ2) is 21.6. The van der Waals surface area contributed by atoms with E-state index in [0.29, 0.717) is 32.5 Å². The molecule has 0 aliphatic heterocycles. The fourth-order valence-electron chi connectivity index (χ4n) is 3.36. The molecule has 0 aromatic heterocycles. The highest BCUT2D eigenvalue weighted by molar-refractivity contribution is 5.72. The minimum Gasteiger partial charge on any atom is -0.466 e. The van der Waals surface area contributed by atoms with Gasteiger partial charge >= 0.3 is 11.9 Å². The average molecular weight is 413 g/mol. The molecule has 0 aliphatic carbocycles. The quantitative estimate of drug-likeness (QED) is 0.146. The molecule has 4 nitrogen and oxygen atoms in total. The Morgan fingerprint density at radius 3 is 1.59 bits per heavy atom. The van der Waals surface area contributed by atoms with Gasteiger partial charge in [-0.05, 0) is 25.7 Å². The Hall–Kier alpha value is -1.06. The van der Waals surface area contributed by atoms with Crippen LogP contribution in [0, 0.1) is 5.92 Å². The SMILES string of the molecule is CCCCCCCCCOC(=O)CCCC(C)C(=O)OCCCCCCCCC. The van der Waals surface area contributed by atoms with E-state index in [4.69, 9.17) is 9.47 Å². The molecule has 1 unspecified atom stereocenters. The molecule has 0 aliphatic rings. The van der Waals surface area contributed by atoms with Gasteiger partial charge in [0, 0.05) is 6.42 Å². The van der Waals surface area contributed by atoms with Crippen LogP contribution in [0.4, 0.5) is 0 Å². The van der Waals surface area contributed by atoms with Gasteiger partial charge in [-0.3, -0.25) is 9.59 Å². The Bertz CT molecular complexity index is 381. The van der Waals surface area contributed by atoms with Crippen molar-refractivity contribution in [3.63, 3.8) is 0 Å². The first kappa shape index (κ1) is 27.9. The van der Waals surface area contributed by atoms with Gasteiger partial charge in [0.15, 0.2) is 0 Å². The lowest BCUT2D eigenvalue weighted by Gasteiger charge is -2.11. The van der Waals surface area contributed by atoms with Crippen LogP contribution >= 0.6 is 0 Å². The van der Waals surface area contributed by atoms with Gasteiger partial charge in [-0.2, -0.15) is 0 Å². The van der Waals surface area contributed by atoms with Crippen LogP contribution in [0.2, 0.25) is 0 Å². The third-order valence-corrected chi connectivity index (χ3v) is 5.42. The number of hydrogen-bond acceptors (Lipinski definition) is 4. The number of hydrogen-bond donors (Lipinski definition) is 0. The highest BCUT2D eigenvalue weighted by atomic mass is 16.5. The van der Waals surface area contributed by atoms with E-state index < -0.39 is 0 Å². The van der Waals surface area contributed by atoms with Gasteiger partial charge in [0.2, 0.25) is 0 Å². The topological polar surface area (TPSA) is 52.6 Å². The zero-order chi connectivity index (χ0) is 21.6. The maximum Gasteiger partial charge on any atom is 0.308 e. The van der Waals surface area contributed by atoms with Crippen LogP contribution in [-0.4, -0.2) is 25.2 Å². The molecule has 0 spiro atoms. The minimum absolute atomic E-state index is 0.132. The number of ether oxygens (including phenoxy) is 2. The van der Waals surface area contributed by atoms with Gasteiger partial charge in [-0.15, -0.1) is 0 Å². The van der Waals surface area contributed by atoms with Gasteiger partial charge < -0.3 is 9.47 Å². The van der Waals surface area contributed by atoms with Crippen molar-refractivity contribution in [2.24, 2.45) is 5.92 Å². The first-order valence-corrected chi connectivity index (χ1v) is 12.4. The monoisotopic (exact) mass is 412 g/mol. The second-order valence-electron chi connectivity index (χ2n) is 8.42. The van der Waals surface area contributed by atoms with Gasteiger partial charge in [-0.25, -0.2) is 0 Å². The second-order valence-corrected chi connectivity index (χ2v) is 8.42. The maximum atomic E-state index is 12.0. The highest BCUT2D eigenvalue weighted by Crippen LogP contribution is 2.12. The molecular formula is C25H48O4. The van der Waals surface area contributed by atoms with Crippen molar-refractivity contribution >= 4 is 11.9 Å². The predicted octanol–water partition coefficient (Wildman–Crippen LogP) is 7.38. The van der Waals surface area contributed by atoms with Crippen molar-refractivity contribution in [2.75, 3.05) is 13.2 Å². The minimum atomic E-state index is -0.143. The Kier molecular flexibility index (Phi) is 20.9. The van der Waals surface area contributed by atoms with Crippen LogP contribution in [0.1, 0.15) is 130 Å². The van der Waals surface area contributed by atoms with Gasteiger partial charge in [-0.1, -0.05) is 97.8 Å². The number of unbranched alkanes of at least 4 members (excludes halogenated alkanes) is 12. The number of carbonyl (C=O) groups is 2. The molecule has 0 aromatic rings. The third kappa shape index (κ3) is 20.0. The molecular weight excluding hydrogens is 364 g/mol. The molecule has 0 rings (SSSR count). The summed E-state index contributed by atoms with van der Waals surface area (Å²) < 4.78 is 10.6. The lowest BCUT2D eigenvalue weighted by atomic mass is 10.0. The van der Waals surface area contributed by atoms with Crippen LogP contribution in [0.15, 0.2) is 0 Å². The normalized spacial score (nSPS) is 12.0. The molecule has 4 heteroatoms. The summed E-state index contributed by atoms with van der Waals surface area (Å²) in [5, 5.41) is 0. The summed E-state index contributed by atoms with van der Waals surface area (Å²) in [7, 11) is 0. The van der Waals surface area contributed by atoms with Crippen molar-refractivity contribution in [1.82, 2.24) is 0 Å². The molecule has 0 aromatic carbocycles. The average Bonchev–Trinajstić information content (AvgIpc) is 2.71. The van der Waals surface area contributed by atoms with E-state index in [1.54, 1.807) is 0 Å². The Morgan fingerprint density at radius 1 is 0.621 bits per heavy atom. The molecule has 0 saturated carbocycles. The number of rotatable bonds is 21. The molecule has 0 amide bonds. The molecule has 0 N–H and O–H groups in total. The molecule has 29 heavy (non-hydrogen) atoms. The molecule has 0 bridgehead atoms. The van der Waals surface area contributed by atoms with E-state index in [0.717, 1.165) is 25.7 Å². The van der Waals surface area contributed by atoms with Gasteiger partial charge in [0.05, 0.1) is 19.1 Å². The van der Waals surface area contributed by atoms with Crippen LogP contribution in [0.5, 0.6) is 0 Å². The summed E-state index contributed by atoms with van der Waals surface area (Å²) >= 11 is 0. The van der Waals surface area contributed by atoms with Crippen LogP contribution in [-0.2, 0) is 19.1 Å². The van der Waals surface area contributed by atoms with Crippen molar-refractivity contribution in [2.45, 2.75) is 130 Å². The lowest BCUT2D eigenvalue weighted by Crippen LogP contribution is -2.16. The summed E-state index contributed by atoms with van der Waals surface area (Å²) in [5.41, 5.74) is 0. The molecule has 0 fully saturated rings. The zero-order valence-electron chi connectivity index (χ0n) is 19.6. The summed E-state index contributed by atoms with van der Waals surface area (Å²) in [6.07, 6.45) is 18.8. The van der Waals surface area contributed by atoms with E-state index in [1.807, 2.05) is 6.92 Å². The number of carbonyl (C=O) groups excluding carboxylic acids is 2. The first-order chi connectivity index (χ1) is 14.1. The summed E-state index contributed by atoms with van der Waals surface area (Å²) in [5.74, 6) is -0.414. The van der Waals surface area contributed by atoms with Crippen LogP contribution in [0.25, 0.3) is 0 Å². The lowest BCUT2D eigenvalue weighted by molar-refractivity contribution is -0.149. The smallest absolute Gasteiger partial charge is 0.308 e. The largest absolute Gasteiger partial charge is 0.466 e. The Balaban J connectivity index is 3.48. The third-order valence-electron chi connectivity index (χ3n) is 5.42. The van der Waals surface area contributed by atoms with Crippen LogP contribution in [0.3, 0.4) is 0 Å². The molecule has 1 atom stereocenters. The van der Waals surface area contributed by atoms with Crippen molar-refractivity contribution < 1.29 is 19.1 Å². The van der Waals surface area contributed by atoms with Gasteiger partial charge in [0.1, 0.15) is 0 Å². The summed E-state index contributed by atoms with van der Waals surface area (Å²) in [6.45, 7) is 7.39. The Labute approximate surface area is 180 Å². The summed E-state index contributed by atoms with van der Waals surface area (Å²) in [4.78, 5) is 23.8. The van der Waals surface area contributed by atoms with Crippen molar-refractivity contribution in [3.05, 3.63) is 0 Å². The standard InChI is InChI=1S/C25H48O4/c1-4-6-8-10-12-14-16-21-28-24(26)20-18-19-23(3)25(27)29-22-17-15-13-11-9-7-5-2/h23H,4-22H2,1-3H3. The number of esters is 2. The molecule has 0 radical (unpaired) electrons. The maximum absolute atomic E-state index is 12.0. The van der Waals surface area contributed by atoms with E-state index in [-0.39, 0.29) is 17.9 Å². The Morgan fingerprint density at radius 2 is 1.07 bits per heavy atom. The fourth-order valence-corrected chi connectivity index (χ4v) is 3.36. The van der Waals surface area contributed by atoms with Crippen molar-refractivity contribution in [3.8, 4) is 0 Å². The van der Waals surface area contributed by atoms with E-state index in [9.17, 15) is 9.59 Å². The van der Waals surface area contributed by atoms with Crippen LogP contribution < -0.4 is 0 Å². The first-order valence-electron chi connectivity index (χ1n) is 12.4. The van der Waals surface area contributed by atoms with Gasteiger partial charge in [0.25, 0.3) is 0 Å². The predicted molar refractivity (Wildman–Crippen MR) is 121 cm³/mol. The molecule has 0 saturated heterocycles. The molecule has 172 valence electrons. The fraction of sp³-hybridized carbons (Fsp3) is 0.920. The van der Waals surface area contributed by atoms with Crippen molar-refractivity contribution in [1.29, 1.82) is 0 Å². The van der Waals surface area contributed by atoms with E-state index >= 15 is 0 Å². The zero-order valence-corrected chi connectivity index (χ0v) is 19.6. The molecule has 0 heterocycles.